The van der Waals surface area contributed by atoms with Crippen molar-refractivity contribution in [1.29, 1.82) is 0 Å². The average molecular weight is 280 g/mol. The van der Waals surface area contributed by atoms with E-state index in [-0.39, 0.29) is 11.8 Å². The highest BCUT2D eigenvalue weighted by molar-refractivity contribution is 5.93. The minimum Gasteiger partial charge on any atom is -0.444 e. The molecule has 0 spiro atoms. The Morgan fingerprint density at radius 2 is 2.20 bits per heavy atom. The predicted octanol–water partition coefficient (Wildman–Crippen LogP) is 3.70. The van der Waals surface area contributed by atoms with Gasteiger partial charge in [-0.25, -0.2) is 9.18 Å². The zero-order valence-electron chi connectivity index (χ0n) is 11.8. The quantitative estimate of drug-likeness (QED) is 0.638. The molecule has 20 heavy (non-hydrogen) atoms. The molecule has 0 saturated carbocycles. The summed E-state index contributed by atoms with van der Waals surface area (Å²) in [7, 11) is 0. The molecule has 0 aromatic heterocycles. The maximum Gasteiger partial charge on any atom is 0.414 e. The van der Waals surface area contributed by atoms with Crippen molar-refractivity contribution >= 4 is 17.5 Å². The Morgan fingerprint density at radius 1 is 1.40 bits per heavy atom. The molecule has 1 atom stereocenters. The average Bonchev–Trinajstić information content (AvgIpc) is 2.79. The van der Waals surface area contributed by atoms with Gasteiger partial charge in [-0.3, -0.25) is 4.90 Å². The molecule has 1 unspecified atom stereocenters. The fourth-order valence-corrected chi connectivity index (χ4v) is 2.43. The van der Waals surface area contributed by atoms with Gasteiger partial charge in [0.2, 0.25) is 0 Å². The van der Waals surface area contributed by atoms with E-state index in [0.29, 0.717) is 12.2 Å². The molecule has 1 amide bonds. The van der Waals surface area contributed by atoms with Gasteiger partial charge in [-0.1, -0.05) is 32.3 Å². The van der Waals surface area contributed by atoms with Crippen molar-refractivity contribution in [2.24, 2.45) is 0 Å². The topological polar surface area (TPSA) is 55.6 Å². The number of unbranched alkanes of at least 4 members (excludes halogenated alkanes) is 3. The number of rotatable bonds is 6. The number of carbonyl (C=O) groups excluding carboxylic acids is 1. The van der Waals surface area contributed by atoms with Gasteiger partial charge in [-0.2, -0.15) is 0 Å². The summed E-state index contributed by atoms with van der Waals surface area (Å²) in [6.07, 6.45) is 4.84. The number of para-hydroxylation sites is 1. The van der Waals surface area contributed by atoms with E-state index in [2.05, 4.69) is 6.92 Å². The van der Waals surface area contributed by atoms with Crippen molar-refractivity contribution in [3.63, 3.8) is 0 Å². The van der Waals surface area contributed by atoms with Crippen LogP contribution in [0.15, 0.2) is 18.2 Å². The van der Waals surface area contributed by atoms with E-state index >= 15 is 0 Å². The highest BCUT2D eigenvalue weighted by Crippen LogP contribution is 2.30. The van der Waals surface area contributed by atoms with Crippen molar-refractivity contribution in [1.82, 2.24) is 0 Å². The van der Waals surface area contributed by atoms with Crippen LogP contribution in [0, 0.1) is 5.82 Å². The lowest BCUT2D eigenvalue weighted by molar-refractivity contribution is 0.135. The van der Waals surface area contributed by atoms with Gasteiger partial charge in [0.05, 0.1) is 17.9 Å². The Bertz CT molecular complexity index is 479. The van der Waals surface area contributed by atoms with Crippen LogP contribution in [0.5, 0.6) is 0 Å². The first kappa shape index (κ1) is 14.6. The molecular formula is C15H21FN2O2. The van der Waals surface area contributed by atoms with Crippen LogP contribution in [-0.2, 0) is 4.74 Å². The molecule has 4 nitrogen and oxygen atoms in total. The largest absolute Gasteiger partial charge is 0.444 e. The zero-order chi connectivity index (χ0) is 14.5. The van der Waals surface area contributed by atoms with Crippen molar-refractivity contribution in [2.45, 2.75) is 45.1 Å². The number of amides is 1. The third-order valence-electron chi connectivity index (χ3n) is 3.57. The second kappa shape index (κ2) is 6.59. The van der Waals surface area contributed by atoms with Gasteiger partial charge in [0, 0.05) is 0 Å². The van der Waals surface area contributed by atoms with Gasteiger partial charge in [0.25, 0.3) is 0 Å². The summed E-state index contributed by atoms with van der Waals surface area (Å²) in [5, 5.41) is 0. The number of anilines is 2. The van der Waals surface area contributed by atoms with E-state index in [1.165, 1.54) is 23.8 Å². The molecule has 0 radical (unpaired) electrons. The summed E-state index contributed by atoms with van der Waals surface area (Å²) in [6.45, 7) is 2.60. The fourth-order valence-electron chi connectivity index (χ4n) is 2.43. The summed E-state index contributed by atoms with van der Waals surface area (Å²) < 4.78 is 18.8. The Kier molecular flexibility index (Phi) is 4.82. The molecule has 1 aliphatic heterocycles. The van der Waals surface area contributed by atoms with Gasteiger partial charge >= 0.3 is 6.09 Å². The standard InChI is InChI=1S/C15H21FN2O2/c1-2-3-4-5-7-11-10-18(15(19)20-11)13-9-6-8-12(16)14(13)17/h6,8-9,11H,2-5,7,10,17H2,1H3. The van der Waals surface area contributed by atoms with E-state index in [4.69, 9.17) is 10.5 Å². The molecule has 2 N–H and O–H groups in total. The predicted molar refractivity (Wildman–Crippen MR) is 77.2 cm³/mol. The van der Waals surface area contributed by atoms with Gasteiger partial charge in [-0.15, -0.1) is 0 Å². The molecular weight excluding hydrogens is 259 g/mol. The number of benzene rings is 1. The molecule has 1 aromatic carbocycles. The van der Waals surface area contributed by atoms with E-state index in [1.54, 1.807) is 12.1 Å². The van der Waals surface area contributed by atoms with E-state index in [1.807, 2.05) is 0 Å². The Hall–Kier alpha value is -1.78. The highest BCUT2D eigenvalue weighted by Gasteiger charge is 2.33. The van der Waals surface area contributed by atoms with E-state index < -0.39 is 11.9 Å². The lowest BCUT2D eigenvalue weighted by Crippen LogP contribution is -2.25. The van der Waals surface area contributed by atoms with Crippen LogP contribution < -0.4 is 10.6 Å². The number of cyclic esters (lactones) is 1. The van der Waals surface area contributed by atoms with E-state index in [0.717, 1.165) is 19.3 Å². The van der Waals surface area contributed by atoms with Crippen LogP contribution in [-0.4, -0.2) is 18.7 Å². The minimum absolute atomic E-state index is 0.00363. The molecule has 5 heteroatoms. The second-order valence-corrected chi connectivity index (χ2v) is 5.14. The lowest BCUT2D eigenvalue weighted by Gasteiger charge is -2.15. The van der Waals surface area contributed by atoms with Crippen LogP contribution in [0.3, 0.4) is 0 Å². The van der Waals surface area contributed by atoms with Gasteiger partial charge in [0.15, 0.2) is 0 Å². The second-order valence-electron chi connectivity index (χ2n) is 5.14. The highest BCUT2D eigenvalue weighted by atomic mass is 19.1. The van der Waals surface area contributed by atoms with Crippen molar-refractivity contribution in [3.05, 3.63) is 24.0 Å². The fraction of sp³-hybridized carbons (Fsp3) is 0.533. The number of carbonyl (C=O) groups is 1. The molecule has 1 aromatic rings. The molecule has 1 aliphatic rings. The molecule has 1 heterocycles. The number of nitrogens with zero attached hydrogens (tertiary/aromatic N) is 1. The van der Waals surface area contributed by atoms with Crippen LogP contribution >= 0.6 is 0 Å². The number of ether oxygens (including phenoxy) is 1. The third-order valence-corrected chi connectivity index (χ3v) is 3.57. The Morgan fingerprint density at radius 3 is 2.95 bits per heavy atom. The molecule has 110 valence electrons. The van der Waals surface area contributed by atoms with Crippen LogP contribution in [0.2, 0.25) is 0 Å². The normalized spacial score (nSPS) is 18.4. The third kappa shape index (κ3) is 3.21. The minimum atomic E-state index is -0.512. The van der Waals surface area contributed by atoms with Crippen LogP contribution in [0.1, 0.15) is 39.0 Å². The van der Waals surface area contributed by atoms with Crippen LogP contribution in [0.25, 0.3) is 0 Å². The number of nitrogens with two attached hydrogens (primary N) is 1. The Balaban J connectivity index is 1.97. The monoisotopic (exact) mass is 280 g/mol. The molecule has 1 saturated heterocycles. The summed E-state index contributed by atoms with van der Waals surface area (Å²) in [5.74, 6) is -0.512. The lowest BCUT2D eigenvalue weighted by atomic mass is 10.1. The SMILES string of the molecule is CCCCCCC1CN(c2cccc(F)c2N)C(=O)O1. The molecule has 0 aliphatic carbocycles. The number of hydrogen-bond donors (Lipinski definition) is 1. The number of halogens is 1. The molecule has 0 bridgehead atoms. The van der Waals surface area contributed by atoms with Gasteiger partial charge in [-0.05, 0) is 25.0 Å². The van der Waals surface area contributed by atoms with Crippen molar-refractivity contribution < 1.29 is 13.9 Å². The maximum atomic E-state index is 13.4. The maximum absolute atomic E-state index is 13.4. The Labute approximate surface area is 118 Å². The number of nitrogen functional groups attached to an aromatic ring is 1. The van der Waals surface area contributed by atoms with E-state index in [9.17, 15) is 9.18 Å². The van der Waals surface area contributed by atoms with Gasteiger partial charge < -0.3 is 10.5 Å². The summed E-state index contributed by atoms with van der Waals surface area (Å²) in [6, 6.07) is 4.46. The number of hydrogen-bond acceptors (Lipinski definition) is 3. The van der Waals surface area contributed by atoms with Crippen LogP contribution in [0.4, 0.5) is 20.6 Å². The smallest absolute Gasteiger partial charge is 0.414 e. The molecule has 2 rings (SSSR count). The summed E-state index contributed by atoms with van der Waals surface area (Å²) >= 11 is 0. The summed E-state index contributed by atoms with van der Waals surface area (Å²) in [4.78, 5) is 13.3. The first-order valence-electron chi connectivity index (χ1n) is 7.15. The first-order chi connectivity index (χ1) is 9.63. The van der Waals surface area contributed by atoms with Crippen molar-refractivity contribution in [2.75, 3.05) is 17.2 Å². The van der Waals surface area contributed by atoms with Gasteiger partial charge in [0.1, 0.15) is 11.9 Å². The van der Waals surface area contributed by atoms with Crippen molar-refractivity contribution in [3.8, 4) is 0 Å². The zero-order valence-corrected chi connectivity index (χ0v) is 11.8. The molecule has 1 fully saturated rings. The summed E-state index contributed by atoms with van der Waals surface area (Å²) in [5.41, 5.74) is 6.08. The first-order valence-corrected chi connectivity index (χ1v) is 7.15.